The summed E-state index contributed by atoms with van der Waals surface area (Å²) in [4.78, 5) is 16.5. The van der Waals surface area contributed by atoms with Gasteiger partial charge in [0.25, 0.3) is 0 Å². The lowest BCUT2D eigenvalue weighted by molar-refractivity contribution is -0.123. The smallest absolute Gasteiger partial charge is 0.241 e. The average Bonchev–Trinajstić information content (AvgIpc) is 2.60. The fraction of sp³-hybridized carbons (Fsp3) is 0.333. The molecule has 0 saturated heterocycles. The topological polar surface area (TPSA) is 88.2 Å². The molecule has 2 rings (SSSR count). The van der Waals surface area contributed by atoms with Crippen molar-refractivity contribution in [3.8, 4) is 0 Å². The maximum atomic E-state index is 12.6. The molecule has 0 bridgehead atoms. The number of nitrogens with zero attached hydrogens (tertiary/aromatic N) is 1. The summed E-state index contributed by atoms with van der Waals surface area (Å²) in [5.41, 5.74) is 1.61. The minimum Gasteiger partial charge on any atom is -0.351 e. The minimum absolute atomic E-state index is 0.0267. The molecule has 2 N–H and O–H groups in total. The molecule has 0 saturated carbocycles. The van der Waals surface area contributed by atoms with Gasteiger partial charge in [0.15, 0.2) is 0 Å². The summed E-state index contributed by atoms with van der Waals surface area (Å²) in [5, 5.41) is 3.10. The first kappa shape index (κ1) is 20.4. The zero-order valence-corrected chi connectivity index (χ0v) is 16.4. The van der Waals surface area contributed by atoms with Crippen LogP contribution in [0.3, 0.4) is 0 Å². The maximum Gasteiger partial charge on any atom is 0.241 e. The summed E-state index contributed by atoms with van der Waals surface area (Å²) >= 11 is 6.02. The van der Waals surface area contributed by atoms with Gasteiger partial charge in [0.1, 0.15) is 6.04 Å². The largest absolute Gasteiger partial charge is 0.351 e. The van der Waals surface area contributed by atoms with Gasteiger partial charge in [0, 0.05) is 24.0 Å². The average molecular weight is 396 g/mol. The second kappa shape index (κ2) is 8.62. The van der Waals surface area contributed by atoms with E-state index in [1.54, 1.807) is 45.3 Å². The number of rotatable bonds is 7. The van der Waals surface area contributed by atoms with Crippen LogP contribution in [0.15, 0.2) is 47.6 Å². The summed E-state index contributed by atoms with van der Waals surface area (Å²) in [7, 11) is -3.88. The molecule has 140 valence electrons. The van der Waals surface area contributed by atoms with Crippen LogP contribution < -0.4 is 10.0 Å². The van der Waals surface area contributed by atoms with E-state index in [1.165, 1.54) is 12.1 Å². The highest BCUT2D eigenvalue weighted by Crippen LogP contribution is 2.20. The van der Waals surface area contributed by atoms with Crippen molar-refractivity contribution in [3.05, 3.63) is 58.9 Å². The number of carbonyl (C=O) groups is 1. The molecule has 0 aliphatic carbocycles. The lowest BCUT2D eigenvalue weighted by Crippen LogP contribution is -2.49. The third-order valence-corrected chi connectivity index (χ3v) is 5.72. The Morgan fingerprint density at radius 3 is 2.58 bits per heavy atom. The highest BCUT2D eigenvalue weighted by atomic mass is 35.5. The molecule has 0 aliphatic rings. The molecule has 0 unspecified atom stereocenters. The van der Waals surface area contributed by atoms with Crippen molar-refractivity contribution in [2.24, 2.45) is 5.92 Å². The molecule has 0 aliphatic heterocycles. The number of aromatic nitrogens is 1. The number of sulfonamides is 1. The molecule has 1 aromatic carbocycles. The van der Waals surface area contributed by atoms with Gasteiger partial charge in [0.05, 0.1) is 4.90 Å². The first-order chi connectivity index (χ1) is 12.2. The van der Waals surface area contributed by atoms with Crippen LogP contribution in [0, 0.1) is 12.8 Å². The molecule has 0 fully saturated rings. The Hall–Kier alpha value is -1.96. The predicted molar refractivity (Wildman–Crippen MR) is 101 cm³/mol. The molecule has 0 spiro atoms. The van der Waals surface area contributed by atoms with Crippen LogP contribution in [0.4, 0.5) is 0 Å². The van der Waals surface area contributed by atoms with Crippen molar-refractivity contribution in [2.45, 2.75) is 38.3 Å². The number of hydrogen-bond donors (Lipinski definition) is 2. The van der Waals surface area contributed by atoms with Crippen LogP contribution in [0.5, 0.6) is 0 Å². The van der Waals surface area contributed by atoms with Gasteiger partial charge in [-0.15, -0.1) is 0 Å². The molecule has 1 heterocycles. The first-order valence-corrected chi connectivity index (χ1v) is 10.0. The van der Waals surface area contributed by atoms with E-state index in [-0.39, 0.29) is 17.4 Å². The quantitative estimate of drug-likeness (QED) is 0.754. The second-order valence-electron chi connectivity index (χ2n) is 6.33. The predicted octanol–water partition coefficient (Wildman–Crippen LogP) is 2.66. The molecule has 8 heteroatoms. The molecule has 0 radical (unpaired) electrons. The third-order valence-electron chi connectivity index (χ3n) is 3.87. The van der Waals surface area contributed by atoms with Gasteiger partial charge in [-0.3, -0.25) is 9.78 Å². The molecular weight excluding hydrogens is 374 g/mol. The molecule has 2 aromatic rings. The van der Waals surface area contributed by atoms with Gasteiger partial charge in [-0.1, -0.05) is 37.6 Å². The Kier molecular flexibility index (Phi) is 6.75. The van der Waals surface area contributed by atoms with Crippen molar-refractivity contribution in [3.63, 3.8) is 0 Å². The number of hydrogen-bond acceptors (Lipinski definition) is 4. The van der Waals surface area contributed by atoms with Gasteiger partial charge >= 0.3 is 0 Å². The molecular formula is C18H22ClN3O3S. The standard InChI is InChI=1S/C18H22ClN3O3S/c1-12(2)17(18(23)21-11-14-5-4-8-20-10-14)22-26(24,25)15-7-6-13(3)16(19)9-15/h4-10,12,17,22H,11H2,1-3H3,(H,21,23)/t17-/m0/s1. The van der Waals surface area contributed by atoms with Crippen LogP contribution in [-0.2, 0) is 21.4 Å². The van der Waals surface area contributed by atoms with Gasteiger partial charge in [-0.05, 0) is 42.2 Å². The Bertz CT molecular complexity index is 871. The number of amides is 1. The number of halogens is 1. The van der Waals surface area contributed by atoms with Crippen LogP contribution in [-0.4, -0.2) is 25.4 Å². The van der Waals surface area contributed by atoms with Gasteiger partial charge in [0.2, 0.25) is 15.9 Å². The third kappa shape index (κ3) is 5.27. The van der Waals surface area contributed by atoms with Gasteiger partial charge in [-0.2, -0.15) is 4.72 Å². The lowest BCUT2D eigenvalue weighted by atomic mass is 10.0. The second-order valence-corrected chi connectivity index (χ2v) is 8.45. The van der Waals surface area contributed by atoms with Crippen LogP contribution in [0.25, 0.3) is 0 Å². The van der Waals surface area contributed by atoms with Crippen LogP contribution in [0.1, 0.15) is 25.0 Å². The summed E-state index contributed by atoms with van der Waals surface area (Å²) in [6.45, 7) is 5.61. The van der Waals surface area contributed by atoms with E-state index < -0.39 is 22.0 Å². The minimum atomic E-state index is -3.88. The Balaban J connectivity index is 2.13. The van der Waals surface area contributed by atoms with Gasteiger partial charge < -0.3 is 5.32 Å². The molecule has 6 nitrogen and oxygen atoms in total. The van der Waals surface area contributed by atoms with E-state index in [4.69, 9.17) is 11.6 Å². The lowest BCUT2D eigenvalue weighted by Gasteiger charge is -2.22. The molecule has 26 heavy (non-hydrogen) atoms. The normalized spacial score (nSPS) is 12.8. The summed E-state index contributed by atoms with van der Waals surface area (Å²) < 4.78 is 27.7. The first-order valence-electron chi connectivity index (χ1n) is 8.16. The summed E-state index contributed by atoms with van der Waals surface area (Å²) in [5.74, 6) is -0.634. The van der Waals surface area contributed by atoms with E-state index in [9.17, 15) is 13.2 Å². The SMILES string of the molecule is Cc1ccc(S(=O)(=O)N[C@H](C(=O)NCc2cccnc2)C(C)C)cc1Cl. The fourth-order valence-electron chi connectivity index (χ4n) is 2.27. The van der Waals surface area contributed by atoms with Crippen molar-refractivity contribution in [1.29, 1.82) is 0 Å². The van der Waals surface area contributed by atoms with E-state index in [0.29, 0.717) is 5.02 Å². The summed E-state index contributed by atoms with van der Waals surface area (Å²) in [6.07, 6.45) is 3.28. The number of benzene rings is 1. The number of aryl methyl sites for hydroxylation is 1. The maximum absolute atomic E-state index is 12.6. The highest BCUT2D eigenvalue weighted by Gasteiger charge is 2.28. The van der Waals surface area contributed by atoms with Crippen LogP contribution >= 0.6 is 11.6 Å². The zero-order chi connectivity index (χ0) is 19.3. The Labute approximate surface area is 159 Å². The molecule has 1 amide bonds. The monoisotopic (exact) mass is 395 g/mol. The zero-order valence-electron chi connectivity index (χ0n) is 14.9. The number of nitrogens with one attached hydrogen (secondary N) is 2. The molecule has 1 atom stereocenters. The van der Waals surface area contributed by atoms with Crippen molar-refractivity contribution >= 4 is 27.5 Å². The molecule has 1 aromatic heterocycles. The van der Waals surface area contributed by atoms with Crippen molar-refractivity contribution < 1.29 is 13.2 Å². The van der Waals surface area contributed by atoms with Gasteiger partial charge in [-0.25, -0.2) is 8.42 Å². The summed E-state index contributed by atoms with van der Waals surface area (Å²) in [6, 6.07) is 7.17. The number of carbonyl (C=O) groups excluding carboxylic acids is 1. The van der Waals surface area contributed by atoms with E-state index >= 15 is 0 Å². The van der Waals surface area contributed by atoms with E-state index in [0.717, 1.165) is 11.1 Å². The van der Waals surface area contributed by atoms with Crippen LogP contribution in [0.2, 0.25) is 5.02 Å². The van der Waals surface area contributed by atoms with Crippen molar-refractivity contribution in [2.75, 3.05) is 0 Å². The van der Waals surface area contributed by atoms with E-state index in [2.05, 4.69) is 15.0 Å². The van der Waals surface area contributed by atoms with Crippen molar-refractivity contribution in [1.82, 2.24) is 15.0 Å². The Morgan fingerprint density at radius 2 is 2.00 bits per heavy atom. The Morgan fingerprint density at radius 1 is 1.27 bits per heavy atom. The number of pyridine rings is 1. The van der Waals surface area contributed by atoms with E-state index in [1.807, 2.05) is 6.07 Å². The fourth-order valence-corrected chi connectivity index (χ4v) is 3.89. The highest BCUT2D eigenvalue weighted by molar-refractivity contribution is 7.89.